The number of rotatable bonds is 5. The second-order valence-electron chi connectivity index (χ2n) is 7.28. The van der Waals surface area contributed by atoms with Crippen LogP contribution in [0, 0.1) is 5.92 Å². The average molecular weight is 382 g/mol. The number of nitrogens with one attached hydrogen (secondary N) is 1. The molecule has 0 fully saturated rings. The van der Waals surface area contributed by atoms with Crippen LogP contribution in [0.1, 0.15) is 24.6 Å². The maximum Gasteiger partial charge on any atom is 0.223 e. The number of aliphatic hydroxyl groups is 1. The fraction of sp³-hybridized carbons (Fsp3) is 0.333. The van der Waals surface area contributed by atoms with E-state index in [0.717, 1.165) is 35.6 Å². The Morgan fingerprint density at radius 3 is 2.93 bits per heavy atom. The summed E-state index contributed by atoms with van der Waals surface area (Å²) in [5.74, 6) is 0.875. The smallest absolute Gasteiger partial charge is 0.223 e. The lowest BCUT2D eigenvalue weighted by atomic mass is 9.94. The average Bonchev–Trinajstić information content (AvgIpc) is 3.36. The molecule has 0 saturated carbocycles. The van der Waals surface area contributed by atoms with Gasteiger partial charge in [0.2, 0.25) is 5.91 Å². The van der Waals surface area contributed by atoms with Crippen molar-refractivity contribution < 1.29 is 9.90 Å². The van der Waals surface area contributed by atoms with E-state index >= 15 is 0 Å². The molecule has 1 amide bonds. The number of fused-ring (bicyclic) bond motifs is 1. The monoisotopic (exact) mass is 381 g/mol. The molecule has 2 N–H and O–H groups in total. The Hall–Kier alpha value is -2.44. The van der Waals surface area contributed by atoms with Crippen LogP contribution in [0.5, 0.6) is 0 Å². The van der Waals surface area contributed by atoms with Crippen LogP contribution in [0.3, 0.4) is 0 Å². The molecule has 0 aliphatic carbocycles. The molecule has 2 aromatic heterocycles. The molecule has 1 aromatic carbocycles. The summed E-state index contributed by atoms with van der Waals surface area (Å²) < 4.78 is 2.21. The van der Waals surface area contributed by atoms with Gasteiger partial charge >= 0.3 is 0 Å². The largest absolute Gasteiger partial charge is 0.384 e. The minimum absolute atomic E-state index is 0.000726. The second kappa shape index (κ2) is 7.29. The van der Waals surface area contributed by atoms with Gasteiger partial charge in [0, 0.05) is 36.3 Å². The van der Waals surface area contributed by atoms with Crippen molar-refractivity contribution in [2.45, 2.75) is 31.9 Å². The molecule has 2 atom stereocenters. The maximum atomic E-state index is 12.7. The van der Waals surface area contributed by atoms with E-state index in [0.29, 0.717) is 6.42 Å². The Bertz CT molecular complexity index is 916. The van der Waals surface area contributed by atoms with Crippen LogP contribution in [-0.2, 0) is 23.4 Å². The molecule has 0 spiro atoms. The highest BCUT2D eigenvalue weighted by Gasteiger charge is 2.29. The molecule has 5 nitrogen and oxygen atoms in total. The molecule has 3 heterocycles. The van der Waals surface area contributed by atoms with Crippen LogP contribution in [0.25, 0.3) is 11.4 Å². The lowest BCUT2D eigenvalue weighted by molar-refractivity contribution is -0.126. The Balaban J connectivity index is 1.41. The van der Waals surface area contributed by atoms with Crippen molar-refractivity contribution in [2.24, 2.45) is 5.92 Å². The highest BCUT2D eigenvalue weighted by atomic mass is 32.1. The third kappa shape index (κ3) is 3.68. The fourth-order valence-electron chi connectivity index (χ4n) is 3.58. The number of amides is 1. The number of nitrogens with zero attached hydrogens (tertiary/aromatic N) is 2. The van der Waals surface area contributed by atoms with Gasteiger partial charge in [0.05, 0.1) is 6.54 Å². The Morgan fingerprint density at radius 2 is 2.19 bits per heavy atom. The Kier molecular flexibility index (Phi) is 4.85. The van der Waals surface area contributed by atoms with E-state index in [-0.39, 0.29) is 18.4 Å². The topological polar surface area (TPSA) is 67.2 Å². The van der Waals surface area contributed by atoms with Crippen LogP contribution >= 0.6 is 11.3 Å². The van der Waals surface area contributed by atoms with Gasteiger partial charge in [-0.05, 0) is 35.7 Å². The number of carbonyl (C=O) groups excluding carboxylic acids is 1. The number of hydrogen-bond donors (Lipinski definition) is 2. The van der Waals surface area contributed by atoms with Crippen molar-refractivity contribution in [3.63, 3.8) is 0 Å². The zero-order chi connectivity index (χ0) is 18.9. The molecule has 1 aliphatic rings. The normalized spacial score (nSPS) is 18.5. The van der Waals surface area contributed by atoms with Crippen LogP contribution < -0.4 is 5.32 Å². The molecule has 0 unspecified atom stereocenters. The highest BCUT2D eigenvalue weighted by Crippen LogP contribution is 2.28. The Labute approximate surface area is 162 Å². The molecule has 140 valence electrons. The Morgan fingerprint density at radius 1 is 1.37 bits per heavy atom. The summed E-state index contributed by atoms with van der Waals surface area (Å²) in [6, 6.07) is 12.0. The lowest BCUT2D eigenvalue weighted by Crippen LogP contribution is -2.42. The van der Waals surface area contributed by atoms with E-state index in [4.69, 9.17) is 0 Å². The van der Waals surface area contributed by atoms with E-state index in [9.17, 15) is 9.90 Å². The highest BCUT2D eigenvalue weighted by molar-refractivity contribution is 7.08. The second-order valence-corrected chi connectivity index (χ2v) is 8.06. The SMILES string of the molecule is C[C@@](O)(CNC(=O)[C@H]1CCn2c(cnc2-c2ccccc2)C1)c1ccsc1. The number of thiophene rings is 1. The predicted molar refractivity (Wildman–Crippen MR) is 106 cm³/mol. The minimum Gasteiger partial charge on any atom is -0.384 e. The third-order valence-electron chi connectivity index (χ3n) is 5.25. The molecular weight excluding hydrogens is 358 g/mol. The van der Waals surface area contributed by atoms with Gasteiger partial charge in [0.25, 0.3) is 0 Å². The first-order chi connectivity index (χ1) is 13.0. The van der Waals surface area contributed by atoms with Crippen LogP contribution in [0.2, 0.25) is 0 Å². The van der Waals surface area contributed by atoms with Crippen molar-refractivity contribution in [1.29, 1.82) is 0 Å². The van der Waals surface area contributed by atoms with Crippen LogP contribution in [0.15, 0.2) is 53.4 Å². The molecular formula is C21H23N3O2S. The van der Waals surface area contributed by atoms with E-state index < -0.39 is 5.60 Å². The standard InChI is InChI=1S/C21H23N3O2S/c1-21(26,17-8-10-27-13-17)14-23-20(25)16-7-9-24-18(11-16)12-22-19(24)15-5-3-2-4-6-15/h2-6,8,10,12-13,16,26H,7,9,11,14H2,1H3,(H,23,25)/t16-,21+/m0/s1. The molecule has 4 rings (SSSR count). The van der Waals surface area contributed by atoms with E-state index in [2.05, 4.69) is 27.0 Å². The quantitative estimate of drug-likeness (QED) is 0.713. The van der Waals surface area contributed by atoms with Crippen molar-refractivity contribution in [3.8, 4) is 11.4 Å². The summed E-state index contributed by atoms with van der Waals surface area (Å²) >= 11 is 1.54. The van der Waals surface area contributed by atoms with Gasteiger partial charge in [-0.25, -0.2) is 4.98 Å². The molecule has 27 heavy (non-hydrogen) atoms. The summed E-state index contributed by atoms with van der Waals surface area (Å²) in [5.41, 5.74) is 1.97. The van der Waals surface area contributed by atoms with Gasteiger partial charge in [-0.15, -0.1) is 0 Å². The predicted octanol–water partition coefficient (Wildman–Crippen LogP) is 3.20. The summed E-state index contributed by atoms with van der Waals surface area (Å²) in [4.78, 5) is 17.2. The zero-order valence-electron chi connectivity index (χ0n) is 15.3. The summed E-state index contributed by atoms with van der Waals surface area (Å²) in [6.07, 6.45) is 3.32. The summed E-state index contributed by atoms with van der Waals surface area (Å²) in [6.45, 7) is 2.73. The first-order valence-corrected chi connectivity index (χ1v) is 10.1. The molecule has 3 aromatic rings. The van der Waals surface area contributed by atoms with Crippen molar-refractivity contribution >= 4 is 17.2 Å². The van der Waals surface area contributed by atoms with Gasteiger partial charge in [0.15, 0.2) is 0 Å². The van der Waals surface area contributed by atoms with Crippen LogP contribution in [0.4, 0.5) is 0 Å². The number of aromatic nitrogens is 2. The first-order valence-electron chi connectivity index (χ1n) is 9.17. The maximum absolute atomic E-state index is 12.7. The fourth-order valence-corrected chi connectivity index (χ4v) is 4.36. The molecule has 6 heteroatoms. The van der Waals surface area contributed by atoms with Gasteiger partial charge in [0.1, 0.15) is 11.4 Å². The number of benzene rings is 1. The van der Waals surface area contributed by atoms with E-state index in [1.165, 1.54) is 11.3 Å². The number of hydrogen-bond acceptors (Lipinski definition) is 4. The molecule has 0 bridgehead atoms. The van der Waals surface area contributed by atoms with E-state index in [1.54, 1.807) is 6.92 Å². The van der Waals surface area contributed by atoms with E-state index in [1.807, 2.05) is 41.2 Å². The van der Waals surface area contributed by atoms with Gasteiger partial charge < -0.3 is 15.0 Å². The van der Waals surface area contributed by atoms with Crippen molar-refractivity contribution in [1.82, 2.24) is 14.9 Å². The van der Waals surface area contributed by atoms with Gasteiger partial charge in [-0.3, -0.25) is 4.79 Å². The minimum atomic E-state index is -1.05. The molecule has 0 saturated heterocycles. The summed E-state index contributed by atoms with van der Waals surface area (Å²) in [7, 11) is 0. The third-order valence-corrected chi connectivity index (χ3v) is 5.93. The molecule has 0 radical (unpaired) electrons. The van der Waals surface area contributed by atoms with Gasteiger partial charge in [-0.2, -0.15) is 11.3 Å². The zero-order valence-corrected chi connectivity index (χ0v) is 16.1. The van der Waals surface area contributed by atoms with Crippen molar-refractivity contribution in [2.75, 3.05) is 6.54 Å². The van der Waals surface area contributed by atoms with Crippen LogP contribution in [-0.4, -0.2) is 27.1 Å². The number of carbonyl (C=O) groups is 1. The number of imidazole rings is 1. The lowest BCUT2D eigenvalue weighted by Gasteiger charge is -2.27. The first kappa shape index (κ1) is 17.9. The van der Waals surface area contributed by atoms with Gasteiger partial charge in [-0.1, -0.05) is 30.3 Å². The molecule has 1 aliphatic heterocycles. The summed E-state index contributed by atoms with van der Waals surface area (Å²) in [5, 5.41) is 17.4. The van der Waals surface area contributed by atoms with Crippen molar-refractivity contribution in [3.05, 3.63) is 64.6 Å².